The summed E-state index contributed by atoms with van der Waals surface area (Å²) in [5.74, 6) is 0.720. The van der Waals surface area contributed by atoms with Crippen LogP contribution in [-0.2, 0) is 5.41 Å². The van der Waals surface area contributed by atoms with Crippen molar-refractivity contribution in [2.45, 2.75) is 19.3 Å². The van der Waals surface area contributed by atoms with Gasteiger partial charge in [0, 0.05) is 38.4 Å². The first-order valence-electron chi connectivity index (χ1n) is 15.7. The van der Waals surface area contributed by atoms with Crippen LogP contribution in [0.15, 0.2) is 150 Å². The quantitative estimate of drug-likeness (QED) is 0.205. The molecule has 0 amide bonds. The number of hydrogen-bond acceptors (Lipinski definition) is 3. The van der Waals surface area contributed by atoms with E-state index in [1.807, 2.05) is 42.5 Å². The van der Waals surface area contributed by atoms with Gasteiger partial charge >= 0.3 is 0 Å². The molecule has 0 atom stereocenters. The van der Waals surface area contributed by atoms with E-state index in [1.54, 1.807) is 0 Å². The predicted molar refractivity (Wildman–Crippen MR) is 189 cm³/mol. The van der Waals surface area contributed by atoms with Gasteiger partial charge in [-0.1, -0.05) is 141 Å². The van der Waals surface area contributed by atoms with Crippen molar-refractivity contribution in [1.29, 1.82) is 0 Å². The maximum atomic E-state index is 6.53. The zero-order valence-electron chi connectivity index (χ0n) is 25.7. The van der Waals surface area contributed by atoms with Gasteiger partial charge in [-0.25, -0.2) is 9.97 Å². The van der Waals surface area contributed by atoms with Gasteiger partial charge in [0.25, 0.3) is 0 Å². The van der Waals surface area contributed by atoms with Crippen molar-refractivity contribution in [3.05, 3.63) is 157 Å². The highest BCUT2D eigenvalue weighted by molar-refractivity contribution is 6.12. The molecule has 6 aromatic carbocycles. The van der Waals surface area contributed by atoms with E-state index in [9.17, 15) is 0 Å². The first kappa shape index (κ1) is 26.6. The van der Waals surface area contributed by atoms with E-state index in [2.05, 4.69) is 117 Å². The SMILES string of the molecule is CC1(C)c2ccc(-c3ccc(-c4cc(-c5ccccc5)nc(-c5ccccc5)n4)cc3)cc2-c2c1ccc1c2oc2ccccc21. The first-order chi connectivity index (χ1) is 22.5. The topological polar surface area (TPSA) is 38.9 Å². The smallest absolute Gasteiger partial charge is 0.160 e. The Morgan fingerprint density at radius 2 is 1.07 bits per heavy atom. The summed E-state index contributed by atoms with van der Waals surface area (Å²) in [5.41, 5.74) is 14.2. The second-order valence-corrected chi connectivity index (χ2v) is 12.6. The summed E-state index contributed by atoms with van der Waals surface area (Å²) in [7, 11) is 0. The van der Waals surface area contributed by atoms with Crippen LogP contribution in [0, 0.1) is 0 Å². The van der Waals surface area contributed by atoms with E-state index in [0.29, 0.717) is 0 Å². The van der Waals surface area contributed by atoms with Crippen molar-refractivity contribution >= 4 is 21.9 Å². The van der Waals surface area contributed by atoms with Gasteiger partial charge < -0.3 is 4.42 Å². The Morgan fingerprint density at radius 1 is 0.478 bits per heavy atom. The average Bonchev–Trinajstić information content (AvgIpc) is 3.61. The van der Waals surface area contributed by atoms with Gasteiger partial charge in [0.1, 0.15) is 11.2 Å². The molecule has 8 aromatic rings. The Kier molecular flexibility index (Phi) is 5.85. The number of para-hydroxylation sites is 1. The van der Waals surface area contributed by atoms with Gasteiger partial charge in [-0.2, -0.15) is 0 Å². The lowest BCUT2D eigenvalue weighted by Gasteiger charge is -2.21. The Balaban J connectivity index is 1.14. The fourth-order valence-corrected chi connectivity index (χ4v) is 7.10. The minimum Gasteiger partial charge on any atom is -0.455 e. The molecule has 0 bridgehead atoms. The van der Waals surface area contributed by atoms with Crippen molar-refractivity contribution in [3.8, 4) is 56.2 Å². The third-order valence-corrected chi connectivity index (χ3v) is 9.52. The van der Waals surface area contributed by atoms with Crippen molar-refractivity contribution in [2.24, 2.45) is 0 Å². The molecule has 0 N–H and O–H groups in total. The molecule has 0 saturated heterocycles. The van der Waals surface area contributed by atoms with Crippen LogP contribution in [-0.4, -0.2) is 9.97 Å². The summed E-state index contributed by atoms with van der Waals surface area (Å²) in [6.45, 7) is 4.63. The average molecular weight is 591 g/mol. The summed E-state index contributed by atoms with van der Waals surface area (Å²) in [4.78, 5) is 9.96. The normalized spacial score (nSPS) is 13.2. The molecule has 0 radical (unpaired) electrons. The number of nitrogens with zero attached hydrogens (tertiary/aromatic N) is 2. The van der Waals surface area contributed by atoms with Crippen molar-refractivity contribution < 1.29 is 4.42 Å². The predicted octanol–water partition coefficient (Wildman–Crippen LogP) is 11.4. The van der Waals surface area contributed by atoms with E-state index >= 15 is 0 Å². The van der Waals surface area contributed by atoms with Crippen molar-refractivity contribution in [2.75, 3.05) is 0 Å². The number of rotatable bonds is 4. The lowest BCUT2D eigenvalue weighted by atomic mass is 9.82. The lowest BCUT2D eigenvalue weighted by Crippen LogP contribution is -2.14. The fraction of sp³-hybridized carbons (Fsp3) is 0.0698. The molecule has 1 aliphatic carbocycles. The van der Waals surface area contributed by atoms with Gasteiger partial charge in [-0.05, 0) is 46.0 Å². The van der Waals surface area contributed by atoms with E-state index in [-0.39, 0.29) is 5.41 Å². The Bertz CT molecular complexity index is 2360. The molecule has 2 heterocycles. The van der Waals surface area contributed by atoms with Gasteiger partial charge in [0.15, 0.2) is 5.82 Å². The zero-order valence-corrected chi connectivity index (χ0v) is 25.7. The summed E-state index contributed by atoms with van der Waals surface area (Å²) >= 11 is 0. The maximum Gasteiger partial charge on any atom is 0.160 e. The number of hydrogen-bond donors (Lipinski definition) is 0. The van der Waals surface area contributed by atoms with Crippen LogP contribution < -0.4 is 0 Å². The van der Waals surface area contributed by atoms with E-state index < -0.39 is 0 Å². The van der Waals surface area contributed by atoms with Crippen LogP contribution in [0.25, 0.3) is 78.1 Å². The number of furan rings is 1. The molecule has 3 heteroatoms. The summed E-state index contributed by atoms with van der Waals surface area (Å²) in [6.07, 6.45) is 0. The summed E-state index contributed by atoms with van der Waals surface area (Å²) in [5, 5.41) is 2.33. The standard InChI is InChI=1S/C43H30N2O/c1-43(2)35-23-21-31(25-34(35)40-36(43)24-22-33-32-15-9-10-16-39(32)46-41(33)40)27-17-19-29(20-18-27)38-26-37(28-11-5-3-6-12-28)44-42(45-38)30-13-7-4-8-14-30/h3-26H,1-2H3. The van der Waals surface area contributed by atoms with Crippen LogP contribution in [0.2, 0.25) is 0 Å². The molecule has 218 valence electrons. The molecule has 0 spiro atoms. The Morgan fingerprint density at radius 3 is 1.80 bits per heavy atom. The van der Waals surface area contributed by atoms with E-state index in [0.717, 1.165) is 56.0 Å². The molecule has 46 heavy (non-hydrogen) atoms. The monoisotopic (exact) mass is 590 g/mol. The molecule has 0 saturated carbocycles. The molecule has 3 nitrogen and oxygen atoms in total. The minimum absolute atomic E-state index is 0.111. The van der Waals surface area contributed by atoms with Crippen LogP contribution in [0.5, 0.6) is 0 Å². The summed E-state index contributed by atoms with van der Waals surface area (Å²) < 4.78 is 6.53. The Labute approximate surface area is 267 Å². The highest BCUT2D eigenvalue weighted by atomic mass is 16.3. The number of aromatic nitrogens is 2. The molecule has 9 rings (SSSR count). The lowest BCUT2D eigenvalue weighted by molar-refractivity contribution is 0.653. The van der Waals surface area contributed by atoms with Gasteiger partial charge in [-0.15, -0.1) is 0 Å². The van der Waals surface area contributed by atoms with Crippen LogP contribution >= 0.6 is 0 Å². The second-order valence-electron chi connectivity index (χ2n) is 12.6. The molecule has 0 fully saturated rings. The molecule has 2 aromatic heterocycles. The largest absolute Gasteiger partial charge is 0.455 e. The van der Waals surface area contributed by atoms with Crippen molar-refractivity contribution in [3.63, 3.8) is 0 Å². The van der Waals surface area contributed by atoms with Gasteiger partial charge in [0.05, 0.1) is 11.4 Å². The molecule has 1 aliphatic rings. The third-order valence-electron chi connectivity index (χ3n) is 9.52. The third kappa shape index (κ3) is 4.13. The molecule has 0 unspecified atom stereocenters. The van der Waals surface area contributed by atoms with Gasteiger partial charge in [0.2, 0.25) is 0 Å². The van der Waals surface area contributed by atoms with Crippen LogP contribution in [0.1, 0.15) is 25.0 Å². The fourth-order valence-electron chi connectivity index (χ4n) is 7.10. The highest BCUT2D eigenvalue weighted by Gasteiger charge is 2.37. The van der Waals surface area contributed by atoms with Crippen LogP contribution in [0.4, 0.5) is 0 Å². The number of benzene rings is 6. The van der Waals surface area contributed by atoms with Gasteiger partial charge in [-0.3, -0.25) is 0 Å². The van der Waals surface area contributed by atoms with Crippen molar-refractivity contribution in [1.82, 2.24) is 9.97 Å². The highest BCUT2D eigenvalue weighted by Crippen LogP contribution is 2.53. The maximum absolute atomic E-state index is 6.53. The molecular formula is C43H30N2O. The second kappa shape index (κ2) is 10.1. The molecule has 0 aliphatic heterocycles. The first-order valence-corrected chi connectivity index (χ1v) is 15.7. The number of fused-ring (bicyclic) bond motifs is 7. The summed E-state index contributed by atoms with van der Waals surface area (Å²) in [6, 6.07) is 51.1. The zero-order chi connectivity index (χ0) is 30.8. The Hall–Kier alpha value is -5.80. The minimum atomic E-state index is -0.111. The van der Waals surface area contributed by atoms with Crippen LogP contribution in [0.3, 0.4) is 0 Å². The molecular weight excluding hydrogens is 560 g/mol. The van der Waals surface area contributed by atoms with E-state index in [1.165, 1.54) is 33.2 Å². The van der Waals surface area contributed by atoms with E-state index in [4.69, 9.17) is 14.4 Å².